The molecule has 0 saturated carbocycles. The predicted molar refractivity (Wildman–Crippen MR) is 110 cm³/mol. The van der Waals surface area contributed by atoms with Gasteiger partial charge in [-0.25, -0.2) is 9.38 Å². The topological polar surface area (TPSA) is 41.6 Å². The van der Waals surface area contributed by atoms with Crippen LogP contribution in [0.15, 0.2) is 78.3 Å². The first-order valence-corrected chi connectivity index (χ1v) is 8.78. The second-order valence-electron chi connectivity index (χ2n) is 6.64. The summed E-state index contributed by atoms with van der Waals surface area (Å²) in [6.45, 7) is 6.89. The Hall–Kier alpha value is -3.40. The Labute approximate surface area is 158 Å². The molecular formula is C23H20FN3. The quantitative estimate of drug-likeness (QED) is 0.619. The lowest BCUT2D eigenvalue weighted by atomic mass is 10.00. The first-order valence-electron chi connectivity index (χ1n) is 8.78. The van der Waals surface area contributed by atoms with Crippen molar-refractivity contribution in [1.82, 2.24) is 4.90 Å². The third kappa shape index (κ3) is 3.22. The first-order chi connectivity index (χ1) is 13.0. The summed E-state index contributed by atoms with van der Waals surface area (Å²) < 4.78 is 13.2. The molecule has 0 bridgehead atoms. The van der Waals surface area contributed by atoms with Crippen LogP contribution in [0.2, 0.25) is 0 Å². The number of halogens is 1. The van der Waals surface area contributed by atoms with Crippen molar-refractivity contribution in [1.29, 1.82) is 0 Å². The summed E-state index contributed by atoms with van der Waals surface area (Å²) >= 11 is 0. The second-order valence-corrected chi connectivity index (χ2v) is 6.64. The van der Waals surface area contributed by atoms with Crippen LogP contribution in [-0.2, 0) is 6.54 Å². The van der Waals surface area contributed by atoms with E-state index in [4.69, 9.17) is 10.7 Å². The first kappa shape index (κ1) is 17.0. The van der Waals surface area contributed by atoms with Gasteiger partial charge in [-0.1, -0.05) is 43.0 Å². The fourth-order valence-electron chi connectivity index (χ4n) is 3.36. The minimum absolute atomic E-state index is 0.261. The number of nitrogen functional groups attached to an aromatic ring is 1. The van der Waals surface area contributed by atoms with Crippen molar-refractivity contribution >= 4 is 22.9 Å². The molecule has 134 valence electrons. The van der Waals surface area contributed by atoms with Gasteiger partial charge in [0.2, 0.25) is 0 Å². The number of para-hydroxylation sites is 1. The van der Waals surface area contributed by atoms with E-state index in [1.54, 1.807) is 12.1 Å². The zero-order valence-electron chi connectivity index (χ0n) is 15.1. The molecule has 3 aromatic carbocycles. The number of hydrogen-bond acceptors (Lipinski definition) is 3. The van der Waals surface area contributed by atoms with Crippen LogP contribution in [0.5, 0.6) is 0 Å². The number of aliphatic imine (C=N–C) groups is 1. The highest BCUT2D eigenvalue weighted by atomic mass is 19.1. The van der Waals surface area contributed by atoms with Gasteiger partial charge in [-0.3, -0.25) is 0 Å². The molecule has 0 fully saturated rings. The molecule has 1 aliphatic rings. The maximum atomic E-state index is 13.2. The Kier molecular flexibility index (Phi) is 4.24. The minimum Gasteiger partial charge on any atom is -0.398 e. The predicted octanol–water partition coefficient (Wildman–Crippen LogP) is 5.61. The summed E-state index contributed by atoms with van der Waals surface area (Å²) in [6, 6.07) is 20.3. The highest BCUT2D eigenvalue weighted by molar-refractivity contribution is 5.96. The second kappa shape index (κ2) is 6.72. The van der Waals surface area contributed by atoms with Gasteiger partial charge in [0.1, 0.15) is 11.7 Å². The molecule has 0 saturated heterocycles. The van der Waals surface area contributed by atoms with Crippen molar-refractivity contribution in [2.75, 3.05) is 5.73 Å². The molecule has 0 aromatic heterocycles. The molecular weight excluding hydrogens is 337 g/mol. The third-order valence-corrected chi connectivity index (χ3v) is 4.83. The standard InChI is InChI=1S/C23H20FN3/c1-15-20-5-3-4-6-23(20)26-16(2)27(15)14-17-7-12-22(25)21(13-17)18-8-10-19(24)11-9-18/h3-13H,1,14,25H2,2H3. The van der Waals surface area contributed by atoms with Gasteiger partial charge in [0.25, 0.3) is 0 Å². The Bertz CT molecular complexity index is 1050. The van der Waals surface area contributed by atoms with E-state index in [1.807, 2.05) is 49.4 Å². The van der Waals surface area contributed by atoms with E-state index in [9.17, 15) is 4.39 Å². The van der Waals surface area contributed by atoms with Crippen LogP contribution in [0.3, 0.4) is 0 Å². The van der Waals surface area contributed by atoms with Crippen LogP contribution < -0.4 is 5.73 Å². The Balaban J connectivity index is 1.67. The van der Waals surface area contributed by atoms with Gasteiger partial charge in [-0.05, 0) is 48.4 Å². The molecule has 0 atom stereocenters. The number of rotatable bonds is 3. The van der Waals surface area contributed by atoms with E-state index in [1.165, 1.54) is 12.1 Å². The smallest absolute Gasteiger partial charge is 0.123 e. The highest BCUT2D eigenvalue weighted by Crippen LogP contribution is 2.34. The zero-order valence-corrected chi connectivity index (χ0v) is 15.1. The molecule has 4 rings (SSSR count). The largest absolute Gasteiger partial charge is 0.398 e. The number of benzene rings is 3. The van der Waals surface area contributed by atoms with Crippen LogP contribution in [0.4, 0.5) is 15.8 Å². The summed E-state index contributed by atoms with van der Waals surface area (Å²) in [5, 5.41) is 0. The molecule has 3 aromatic rings. The average molecular weight is 357 g/mol. The van der Waals surface area contributed by atoms with E-state index >= 15 is 0 Å². The lowest BCUT2D eigenvalue weighted by Gasteiger charge is -2.31. The van der Waals surface area contributed by atoms with E-state index < -0.39 is 0 Å². The maximum Gasteiger partial charge on any atom is 0.123 e. The van der Waals surface area contributed by atoms with Crippen molar-refractivity contribution in [2.24, 2.45) is 4.99 Å². The lowest BCUT2D eigenvalue weighted by molar-refractivity contribution is 0.570. The van der Waals surface area contributed by atoms with Crippen LogP contribution in [0, 0.1) is 5.82 Å². The molecule has 3 nitrogen and oxygen atoms in total. The van der Waals surface area contributed by atoms with Crippen molar-refractivity contribution < 1.29 is 4.39 Å². The van der Waals surface area contributed by atoms with Crippen molar-refractivity contribution in [3.63, 3.8) is 0 Å². The van der Waals surface area contributed by atoms with E-state index in [0.29, 0.717) is 12.2 Å². The highest BCUT2D eigenvalue weighted by Gasteiger charge is 2.21. The van der Waals surface area contributed by atoms with Crippen LogP contribution in [0.25, 0.3) is 16.8 Å². The number of fused-ring (bicyclic) bond motifs is 1. The van der Waals surface area contributed by atoms with E-state index in [0.717, 1.165) is 39.5 Å². The fourth-order valence-corrected chi connectivity index (χ4v) is 3.36. The summed E-state index contributed by atoms with van der Waals surface area (Å²) in [4.78, 5) is 6.80. The maximum absolute atomic E-state index is 13.2. The molecule has 4 heteroatoms. The van der Waals surface area contributed by atoms with Gasteiger partial charge >= 0.3 is 0 Å². The van der Waals surface area contributed by atoms with E-state index in [2.05, 4.69) is 11.5 Å². The van der Waals surface area contributed by atoms with Crippen molar-refractivity contribution in [3.05, 3.63) is 90.3 Å². The molecule has 1 heterocycles. The Morgan fingerprint density at radius 3 is 2.52 bits per heavy atom. The number of nitrogens with zero attached hydrogens (tertiary/aromatic N) is 2. The molecule has 0 aliphatic carbocycles. The van der Waals surface area contributed by atoms with Gasteiger partial charge < -0.3 is 10.6 Å². The van der Waals surface area contributed by atoms with Gasteiger partial charge in [-0.15, -0.1) is 0 Å². The molecule has 0 amide bonds. The average Bonchev–Trinajstić information content (AvgIpc) is 2.67. The number of hydrogen-bond donors (Lipinski definition) is 1. The zero-order chi connectivity index (χ0) is 19.0. The summed E-state index contributed by atoms with van der Waals surface area (Å²) in [6.07, 6.45) is 0. The summed E-state index contributed by atoms with van der Waals surface area (Å²) in [5.41, 5.74) is 12.6. The number of anilines is 1. The van der Waals surface area contributed by atoms with Crippen molar-refractivity contribution in [3.8, 4) is 11.1 Å². The fraction of sp³-hybridized carbons (Fsp3) is 0.0870. The monoisotopic (exact) mass is 357 g/mol. The molecule has 27 heavy (non-hydrogen) atoms. The summed E-state index contributed by atoms with van der Waals surface area (Å²) in [5.74, 6) is 0.641. The Morgan fingerprint density at radius 2 is 1.74 bits per heavy atom. The van der Waals surface area contributed by atoms with Crippen LogP contribution in [0.1, 0.15) is 18.1 Å². The molecule has 2 N–H and O–H groups in total. The molecule has 0 radical (unpaired) electrons. The van der Waals surface area contributed by atoms with E-state index in [-0.39, 0.29) is 5.82 Å². The van der Waals surface area contributed by atoms with Gasteiger partial charge in [0.05, 0.1) is 5.69 Å². The minimum atomic E-state index is -0.261. The molecule has 0 unspecified atom stereocenters. The van der Waals surface area contributed by atoms with Crippen molar-refractivity contribution in [2.45, 2.75) is 13.5 Å². The SMILES string of the molecule is C=C1c2ccccc2N=C(C)N1Cc1ccc(N)c(-c2ccc(F)cc2)c1. The lowest BCUT2D eigenvalue weighted by Crippen LogP contribution is -2.28. The normalized spacial score (nSPS) is 13.3. The molecule has 1 aliphatic heterocycles. The van der Waals surface area contributed by atoms with Gasteiger partial charge in [-0.2, -0.15) is 0 Å². The van der Waals surface area contributed by atoms with Gasteiger partial charge in [0, 0.05) is 29.1 Å². The summed E-state index contributed by atoms with van der Waals surface area (Å²) in [7, 11) is 0. The third-order valence-electron chi connectivity index (χ3n) is 4.83. The number of nitrogens with two attached hydrogens (primary N) is 1. The van der Waals surface area contributed by atoms with Crippen LogP contribution in [-0.4, -0.2) is 10.7 Å². The van der Waals surface area contributed by atoms with Gasteiger partial charge in [0.15, 0.2) is 0 Å². The Morgan fingerprint density at radius 1 is 1.00 bits per heavy atom. The van der Waals surface area contributed by atoms with Crippen LogP contribution >= 0.6 is 0 Å². The number of amidine groups is 1. The molecule has 0 spiro atoms.